The average molecular weight is 381 g/mol. The molecule has 0 radical (unpaired) electrons. The van der Waals surface area contributed by atoms with Crippen LogP contribution in [0.2, 0.25) is 0 Å². The molecule has 0 saturated carbocycles. The Hall–Kier alpha value is -1.48. The summed E-state index contributed by atoms with van der Waals surface area (Å²) in [6.07, 6.45) is 2.91. The zero-order chi connectivity index (χ0) is 18.7. The van der Waals surface area contributed by atoms with Crippen molar-refractivity contribution in [3.63, 3.8) is 0 Å². The van der Waals surface area contributed by atoms with Crippen LogP contribution in [0.1, 0.15) is 35.2 Å². The minimum atomic E-state index is -3.64. The van der Waals surface area contributed by atoms with Gasteiger partial charge in [0.25, 0.3) is 5.91 Å². The first-order valence-electron chi connectivity index (χ1n) is 9.14. The quantitative estimate of drug-likeness (QED) is 0.839. The number of morpholine rings is 1. The number of nitrogens with zero attached hydrogens (tertiary/aromatic N) is 2. The van der Waals surface area contributed by atoms with E-state index in [0.29, 0.717) is 50.5 Å². The van der Waals surface area contributed by atoms with Crippen molar-refractivity contribution < 1.29 is 17.9 Å². The highest BCUT2D eigenvalue weighted by Gasteiger charge is 2.30. The summed E-state index contributed by atoms with van der Waals surface area (Å²) in [4.78, 5) is 15.0. The molecule has 3 rings (SSSR count). The summed E-state index contributed by atoms with van der Waals surface area (Å²) in [6, 6.07) is 4.96. The van der Waals surface area contributed by atoms with Crippen LogP contribution in [0.3, 0.4) is 0 Å². The summed E-state index contributed by atoms with van der Waals surface area (Å²) in [5, 5.41) is 0. The van der Waals surface area contributed by atoms with Crippen molar-refractivity contribution >= 4 is 15.9 Å². The molecule has 1 aromatic carbocycles. The normalized spacial score (nSPS) is 22.4. The van der Waals surface area contributed by atoms with Gasteiger partial charge in [0.1, 0.15) is 0 Å². The Morgan fingerprint density at radius 3 is 2.65 bits per heavy atom. The Morgan fingerprint density at radius 1 is 1.23 bits per heavy atom. The van der Waals surface area contributed by atoms with Gasteiger partial charge in [0.2, 0.25) is 10.0 Å². The van der Waals surface area contributed by atoms with E-state index in [1.807, 2.05) is 0 Å². The smallest absolute Gasteiger partial charge is 0.254 e. The van der Waals surface area contributed by atoms with Crippen molar-refractivity contribution in [2.75, 3.05) is 39.4 Å². The number of rotatable bonds is 4. The lowest BCUT2D eigenvalue weighted by Crippen LogP contribution is -2.47. The number of ether oxygens (including phenoxy) is 1. The molecule has 1 atom stereocenters. The number of likely N-dealkylation sites (tertiary alicyclic amines) is 1. The number of aryl methyl sites for hydroxylation is 1. The number of hydrogen-bond acceptors (Lipinski definition) is 5. The highest BCUT2D eigenvalue weighted by molar-refractivity contribution is 7.89. The second-order valence-corrected chi connectivity index (χ2v) is 8.79. The largest absolute Gasteiger partial charge is 0.379 e. The van der Waals surface area contributed by atoms with Crippen molar-refractivity contribution in [2.24, 2.45) is 5.73 Å². The molecule has 2 saturated heterocycles. The van der Waals surface area contributed by atoms with Crippen molar-refractivity contribution in [3.8, 4) is 0 Å². The monoisotopic (exact) mass is 381 g/mol. The average Bonchev–Trinajstić information content (AvgIpc) is 2.68. The lowest BCUT2D eigenvalue weighted by molar-refractivity contribution is 0.0623. The number of benzene rings is 1. The van der Waals surface area contributed by atoms with Gasteiger partial charge in [0.15, 0.2) is 0 Å². The van der Waals surface area contributed by atoms with Crippen LogP contribution in [0.5, 0.6) is 0 Å². The molecule has 0 spiro atoms. The van der Waals surface area contributed by atoms with E-state index in [4.69, 9.17) is 10.5 Å². The second kappa shape index (κ2) is 8.04. The molecule has 2 heterocycles. The standard InChI is InChI=1S/C18H27N3O4S/c1-14-5-6-15(18(22)21-7-3-2-4-16(21)13-19)12-17(14)26(23,24)20-8-10-25-11-9-20/h5-6,12,16H,2-4,7-11,13,19H2,1H3. The predicted molar refractivity (Wildman–Crippen MR) is 98.5 cm³/mol. The number of amides is 1. The molecule has 26 heavy (non-hydrogen) atoms. The fraction of sp³-hybridized carbons (Fsp3) is 0.611. The molecular formula is C18H27N3O4S. The molecular weight excluding hydrogens is 354 g/mol. The van der Waals surface area contributed by atoms with E-state index in [0.717, 1.165) is 19.3 Å². The third kappa shape index (κ3) is 3.78. The van der Waals surface area contributed by atoms with Crippen LogP contribution in [0.25, 0.3) is 0 Å². The molecule has 1 unspecified atom stereocenters. The van der Waals surface area contributed by atoms with Crippen LogP contribution >= 0.6 is 0 Å². The molecule has 8 heteroatoms. The van der Waals surface area contributed by atoms with Gasteiger partial charge in [-0.1, -0.05) is 6.07 Å². The van der Waals surface area contributed by atoms with Crippen molar-refractivity contribution in [1.29, 1.82) is 0 Å². The van der Waals surface area contributed by atoms with Crippen LogP contribution in [0.4, 0.5) is 0 Å². The number of carbonyl (C=O) groups excluding carboxylic acids is 1. The number of sulfonamides is 1. The first-order valence-corrected chi connectivity index (χ1v) is 10.6. The number of nitrogens with two attached hydrogens (primary N) is 1. The maximum atomic E-state index is 13.0. The van der Waals surface area contributed by atoms with Crippen LogP contribution in [-0.4, -0.2) is 69.0 Å². The Morgan fingerprint density at radius 2 is 1.96 bits per heavy atom. The SMILES string of the molecule is Cc1ccc(C(=O)N2CCCCC2CN)cc1S(=O)(=O)N1CCOCC1. The molecule has 2 aliphatic rings. The fourth-order valence-electron chi connectivity index (χ4n) is 3.62. The van der Waals surface area contributed by atoms with E-state index in [9.17, 15) is 13.2 Å². The lowest BCUT2D eigenvalue weighted by atomic mass is 10.0. The minimum Gasteiger partial charge on any atom is -0.379 e. The second-order valence-electron chi connectivity index (χ2n) is 6.88. The molecule has 144 valence electrons. The molecule has 0 aromatic heterocycles. The van der Waals surface area contributed by atoms with Gasteiger partial charge in [0.05, 0.1) is 18.1 Å². The third-order valence-electron chi connectivity index (χ3n) is 5.18. The van der Waals surface area contributed by atoms with E-state index in [-0.39, 0.29) is 16.8 Å². The van der Waals surface area contributed by atoms with Crippen molar-refractivity contribution in [3.05, 3.63) is 29.3 Å². The van der Waals surface area contributed by atoms with Gasteiger partial charge in [-0.25, -0.2) is 8.42 Å². The van der Waals surface area contributed by atoms with Crippen LogP contribution in [-0.2, 0) is 14.8 Å². The fourth-order valence-corrected chi connectivity index (χ4v) is 5.27. The summed E-state index contributed by atoms with van der Waals surface area (Å²) in [6.45, 7) is 4.30. The Kier molecular flexibility index (Phi) is 5.96. The molecule has 0 bridgehead atoms. The van der Waals surface area contributed by atoms with Gasteiger partial charge in [-0.3, -0.25) is 4.79 Å². The van der Waals surface area contributed by atoms with Gasteiger partial charge in [-0.05, 0) is 43.9 Å². The molecule has 1 aromatic rings. The van der Waals surface area contributed by atoms with E-state index < -0.39 is 10.0 Å². The van der Waals surface area contributed by atoms with Crippen molar-refractivity contribution in [2.45, 2.75) is 37.1 Å². The van der Waals surface area contributed by atoms with E-state index >= 15 is 0 Å². The van der Waals surface area contributed by atoms with Gasteiger partial charge < -0.3 is 15.4 Å². The lowest BCUT2D eigenvalue weighted by Gasteiger charge is -2.35. The summed E-state index contributed by atoms with van der Waals surface area (Å²) < 4.78 is 32.7. The Balaban J connectivity index is 1.91. The molecule has 2 N–H and O–H groups in total. The molecule has 1 amide bonds. The summed E-state index contributed by atoms with van der Waals surface area (Å²) >= 11 is 0. The van der Waals surface area contributed by atoms with Gasteiger partial charge in [0, 0.05) is 37.8 Å². The molecule has 2 fully saturated rings. The maximum absolute atomic E-state index is 13.0. The zero-order valence-electron chi connectivity index (χ0n) is 15.2. The first kappa shape index (κ1) is 19.3. The number of piperidine rings is 1. The van der Waals surface area contributed by atoms with Crippen LogP contribution in [0.15, 0.2) is 23.1 Å². The summed E-state index contributed by atoms with van der Waals surface area (Å²) in [7, 11) is -3.64. The first-order chi connectivity index (χ1) is 12.4. The predicted octanol–water partition coefficient (Wildman–Crippen LogP) is 0.969. The Bertz CT molecular complexity index is 760. The molecule has 7 nitrogen and oxygen atoms in total. The van der Waals surface area contributed by atoms with Crippen molar-refractivity contribution in [1.82, 2.24) is 9.21 Å². The van der Waals surface area contributed by atoms with Gasteiger partial charge >= 0.3 is 0 Å². The van der Waals surface area contributed by atoms with E-state index in [1.54, 1.807) is 24.0 Å². The third-order valence-corrected chi connectivity index (χ3v) is 7.22. The summed E-state index contributed by atoms with van der Waals surface area (Å²) in [5.41, 5.74) is 6.87. The van der Waals surface area contributed by atoms with Crippen LogP contribution in [0, 0.1) is 6.92 Å². The minimum absolute atomic E-state index is 0.0249. The maximum Gasteiger partial charge on any atom is 0.254 e. The number of carbonyl (C=O) groups is 1. The molecule has 2 aliphatic heterocycles. The molecule has 0 aliphatic carbocycles. The Labute approximate surface area is 155 Å². The topological polar surface area (TPSA) is 92.9 Å². The van der Waals surface area contributed by atoms with E-state index in [1.165, 1.54) is 10.4 Å². The highest BCUT2D eigenvalue weighted by atomic mass is 32.2. The van der Waals surface area contributed by atoms with Crippen LogP contribution < -0.4 is 5.73 Å². The van der Waals surface area contributed by atoms with E-state index in [2.05, 4.69) is 0 Å². The van der Waals surface area contributed by atoms with Gasteiger partial charge in [-0.2, -0.15) is 4.31 Å². The zero-order valence-corrected chi connectivity index (χ0v) is 16.0. The highest BCUT2D eigenvalue weighted by Crippen LogP contribution is 2.25. The van der Waals surface area contributed by atoms with Gasteiger partial charge in [-0.15, -0.1) is 0 Å². The summed E-state index contributed by atoms with van der Waals surface area (Å²) in [5.74, 6) is -0.140. The number of hydrogen-bond donors (Lipinski definition) is 1.